The largest absolute Gasteiger partial charge is 0.412 e. The predicted octanol–water partition coefficient (Wildman–Crippen LogP) is -2.48. The van der Waals surface area contributed by atoms with Gasteiger partial charge in [-0.2, -0.15) is 0 Å². The summed E-state index contributed by atoms with van der Waals surface area (Å²) in [6.45, 7) is 0. The number of carbonyl (C=O) groups excluding carboxylic acids is 1. The van der Waals surface area contributed by atoms with E-state index in [0.717, 1.165) is 0 Å². The maximum atomic E-state index is 9.09. The van der Waals surface area contributed by atoms with Gasteiger partial charge in [0.05, 0.1) is 0 Å². The number of amides is 1. The van der Waals surface area contributed by atoms with Gasteiger partial charge in [-0.05, 0) is 0 Å². The van der Waals surface area contributed by atoms with Gasteiger partial charge in [-0.15, -0.1) is 0 Å². The standard InChI is InChI=1S/CH3NOS.3H2O/c2-1(3)4;;;/h(H3,2,3,4);3*1H2. The lowest BCUT2D eigenvalue weighted by atomic mass is 11.5. The van der Waals surface area contributed by atoms with Crippen LogP contribution in [-0.4, -0.2) is 21.7 Å². The van der Waals surface area contributed by atoms with Crippen LogP contribution in [0.5, 0.6) is 0 Å². The van der Waals surface area contributed by atoms with Gasteiger partial charge >= 0.3 is 0 Å². The van der Waals surface area contributed by atoms with E-state index in [0.29, 0.717) is 0 Å². The van der Waals surface area contributed by atoms with Crippen molar-refractivity contribution in [1.82, 2.24) is 0 Å². The van der Waals surface area contributed by atoms with Crippen molar-refractivity contribution >= 4 is 17.9 Å². The molecule has 0 radical (unpaired) electrons. The number of primary amides is 1. The van der Waals surface area contributed by atoms with Crippen LogP contribution in [0.1, 0.15) is 0 Å². The molecule has 0 fully saturated rings. The second kappa shape index (κ2) is 17.3. The lowest BCUT2D eigenvalue weighted by Gasteiger charge is -1.58. The Kier molecular flexibility index (Phi) is 73.7. The minimum absolute atomic E-state index is 0. The Balaban J connectivity index is -0.0000000150. The summed E-state index contributed by atoms with van der Waals surface area (Å²) in [7, 11) is 0. The minimum atomic E-state index is -0.639. The topological polar surface area (TPSA) is 138 Å². The van der Waals surface area contributed by atoms with Gasteiger partial charge in [0.15, 0.2) is 0 Å². The fourth-order valence-corrected chi connectivity index (χ4v) is 0. The van der Waals surface area contributed by atoms with Crippen molar-refractivity contribution in [3.8, 4) is 0 Å². The van der Waals surface area contributed by atoms with E-state index in [2.05, 4.69) is 18.4 Å². The molecule has 0 aromatic heterocycles. The smallest absolute Gasteiger partial charge is 0.273 e. The van der Waals surface area contributed by atoms with Gasteiger partial charge in [-0.1, -0.05) is 12.6 Å². The molecule has 0 saturated heterocycles. The number of rotatable bonds is 0. The Hall–Kier alpha value is -0.300. The van der Waals surface area contributed by atoms with Crippen molar-refractivity contribution in [1.29, 1.82) is 0 Å². The van der Waals surface area contributed by atoms with Crippen LogP contribution < -0.4 is 5.73 Å². The average molecular weight is 131 g/mol. The molecule has 0 spiro atoms. The van der Waals surface area contributed by atoms with E-state index in [-0.39, 0.29) is 16.4 Å². The summed E-state index contributed by atoms with van der Waals surface area (Å²) < 4.78 is 0. The Bertz CT molecular complexity index is 34.7. The predicted molar refractivity (Wildman–Crippen MR) is 29.4 cm³/mol. The van der Waals surface area contributed by atoms with Crippen molar-refractivity contribution in [2.75, 3.05) is 0 Å². The third-order valence-corrected chi connectivity index (χ3v) is 0. The van der Waals surface area contributed by atoms with Crippen LogP contribution in [0.2, 0.25) is 0 Å². The normalized spacial score (nSPS) is 3.57. The van der Waals surface area contributed by atoms with Crippen LogP contribution in [0.3, 0.4) is 0 Å². The maximum absolute atomic E-state index is 9.09. The van der Waals surface area contributed by atoms with Crippen LogP contribution in [0.25, 0.3) is 0 Å². The fraction of sp³-hybridized carbons (Fsp3) is 0. The van der Waals surface area contributed by atoms with Crippen molar-refractivity contribution in [2.24, 2.45) is 5.73 Å². The monoisotopic (exact) mass is 131 g/mol. The number of carbonyl (C=O) groups is 1. The molecule has 0 aliphatic heterocycles. The van der Waals surface area contributed by atoms with Crippen molar-refractivity contribution < 1.29 is 21.2 Å². The molecular formula is CH9NO4S. The van der Waals surface area contributed by atoms with Gasteiger partial charge in [0, 0.05) is 0 Å². The molecule has 0 saturated carbocycles. The molecule has 0 aliphatic carbocycles. The zero-order chi connectivity index (χ0) is 3.58. The molecule has 5 nitrogen and oxygen atoms in total. The minimum Gasteiger partial charge on any atom is -0.412 e. The molecule has 8 N–H and O–H groups in total. The number of hydrogen-bond donors (Lipinski definition) is 2. The number of hydrogen-bond acceptors (Lipinski definition) is 1. The quantitative estimate of drug-likeness (QED) is 0.345. The third-order valence-electron chi connectivity index (χ3n) is 0. The average Bonchev–Trinajstić information content (AvgIpc) is 0.811. The summed E-state index contributed by atoms with van der Waals surface area (Å²) in [5.74, 6) is 0. The van der Waals surface area contributed by atoms with Crippen LogP contribution in [0.15, 0.2) is 0 Å². The molecule has 0 aromatic carbocycles. The van der Waals surface area contributed by atoms with E-state index in [4.69, 9.17) is 4.79 Å². The van der Waals surface area contributed by atoms with Crippen LogP contribution >= 0.6 is 12.6 Å². The molecule has 0 heterocycles. The number of nitrogens with two attached hydrogens (primary N) is 1. The summed E-state index contributed by atoms with van der Waals surface area (Å²) in [4.78, 5) is 9.09. The van der Waals surface area contributed by atoms with Gasteiger partial charge < -0.3 is 22.2 Å². The maximum Gasteiger partial charge on any atom is 0.273 e. The Morgan fingerprint density at radius 2 is 1.29 bits per heavy atom. The van der Waals surface area contributed by atoms with Crippen LogP contribution in [0, 0.1) is 0 Å². The first-order valence-corrected chi connectivity index (χ1v) is 1.16. The first-order valence-electron chi connectivity index (χ1n) is 0.716. The molecule has 0 aromatic rings. The van der Waals surface area contributed by atoms with E-state index in [1.54, 1.807) is 0 Å². The first-order chi connectivity index (χ1) is 1.73. The second-order valence-corrected chi connectivity index (χ2v) is 0.779. The molecule has 48 valence electrons. The summed E-state index contributed by atoms with van der Waals surface area (Å²) >= 11 is 3.10. The Labute approximate surface area is 45.8 Å². The van der Waals surface area contributed by atoms with E-state index >= 15 is 0 Å². The lowest BCUT2D eigenvalue weighted by Crippen LogP contribution is -1.95. The van der Waals surface area contributed by atoms with E-state index in [9.17, 15) is 0 Å². The molecule has 0 unspecified atom stereocenters. The molecule has 0 bridgehead atoms. The number of thiol groups is 1. The highest BCUT2D eigenvalue weighted by atomic mass is 32.1. The van der Waals surface area contributed by atoms with E-state index in [1.807, 2.05) is 0 Å². The highest BCUT2D eigenvalue weighted by Gasteiger charge is 1.63. The van der Waals surface area contributed by atoms with Gasteiger partial charge in [-0.3, -0.25) is 4.79 Å². The molecular weight excluding hydrogens is 122 g/mol. The zero-order valence-electron chi connectivity index (χ0n) is 3.43. The Morgan fingerprint density at radius 1 is 1.29 bits per heavy atom. The first kappa shape index (κ1) is 29.9. The van der Waals surface area contributed by atoms with Crippen LogP contribution in [0.4, 0.5) is 4.79 Å². The van der Waals surface area contributed by atoms with Gasteiger partial charge in [0.2, 0.25) is 0 Å². The summed E-state index contributed by atoms with van der Waals surface area (Å²) in [5.41, 5.74) is 4.34. The van der Waals surface area contributed by atoms with Gasteiger partial charge in [0.1, 0.15) is 0 Å². The molecule has 0 atom stereocenters. The lowest BCUT2D eigenvalue weighted by molar-refractivity contribution is 0.267. The van der Waals surface area contributed by atoms with E-state index < -0.39 is 5.24 Å². The third kappa shape index (κ3) is 867. The summed E-state index contributed by atoms with van der Waals surface area (Å²) in [6.07, 6.45) is 0. The van der Waals surface area contributed by atoms with Crippen LogP contribution in [-0.2, 0) is 0 Å². The van der Waals surface area contributed by atoms with Crippen molar-refractivity contribution in [2.45, 2.75) is 0 Å². The second-order valence-electron chi connectivity index (χ2n) is 0.338. The molecule has 0 rings (SSSR count). The molecule has 6 heteroatoms. The fourth-order valence-electron chi connectivity index (χ4n) is 0. The zero-order valence-corrected chi connectivity index (χ0v) is 4.33. The van der Waals surface area contributed by atoms with Gasteiger partial charge in [0.25, 0.3) is 5.24 Å². The SMILES string of the molecule is NC(=O)S.O.O.O. The molecule has 0 aliphatic rings. The van der Waals surface area contributed by atoms with Gasteiger partial charge in [-0.25, -0.2) is 0 Å². The molecule has 7 heavy (non-hydrogen) atoms. The van der Waals surface area contributed by atoms with Crippen molar-refractivity contribution in [3.63, 3.8) is 0 Å². The summed E-state index contributed by atoms with van der Waals surface area (Å²) in [5, 5.41) is -0.639. The highest BCUT2D eigenvalue weighted by Crippen LogP contribution is 1.60. The summed E-state index contributed by atoms with van der Waals surface area (Å²) in [6, 6.07) is 0. The highest BCUT2D eigenvalue weighted by molar-refractivity contribution is 7.96. The Morgan fingerprint density at radius 3 is 1.29 bits per heavy atom. The van der Waals surface area contributed by atoms with Crippen molar-refractivity contribution in [3.05, 3.63) is 0 Å². The van der Waals surface area contributed by atoms with E-state index in [1.165, 1.54) is 0 Å². The molecule has 1 amide bonds.